The summed E-state index contributed by atoms with van der Waals surface area (Å²) in [5.74, 6) is -0.196. The van der Waals surface area contributed by atoms with E-state index in [1.54, 1.807) is 12.1 Å². The van der Waals surface area contributed by atoms with Crippen LogP contribution in [0.25, 0.3) is 0 Å². The molecular formula is C16H18N2O2. The number of benzene rings is 2. The lowest BCUT2D eigenvalue weighted by molar-refractivity contribution is -0.118. The van der Waals surface area contributed by atoms with Gasteiger partial charge in [0.15, 0.2) is 6.23 Å². The normalized spacial score (nSPS) is 11.7. The molecule has 1 atom stereocenters. The Hall–Kier alpha value is -2.33. The van der Waals surface area contributed by atoms with Gasteiger partial charge in [-0.05, 0) is 24.3 Å². The first kappa shape index (κ1) is 14.1. The highest BCUT2D eigenvalue weighted by atomic mass is 16.3. The standard InChI is InChI=1S/C16H18N2O2/c1-13(19)18(15-10-6-3-7-11-15)16(20)12-17-14-8-4-2-5-9-14/h2-11,16-17,20H,12H2,1H3. The molecule has 0 saturated heterocycles. The first-order valence-corrected chi connectivity index (χ1v) is 6.50. The molecule has 104 valence electrons. The van der Waals surface area contributed by atoms with Gasteiger partial charge in [-0.1, -0.05) is 36.4 Å². The molecule has 0 radical (unpaired) electrons. The Morgan fingerprint density at radius 2 is 1.65 bits per heavy atom. The Morgan fingerprint density at radius 3 is 2.20 bits per heavy atom. The van der Waals surface area contributed by atoms with Gasteiger partial charge >= 0.3 is 0 Å². The van der Waals surface area contributed by atoms with Crippen molar-refractivity contribution in [2.75, 3.05) is 16.8 Å². The molecular weight excluding hydrogens is 252 g/mol. The second-order valence-electron chi connectivity index (χ2n) is 4.45. The molecule has 0 aliphatic rings. The maximum absolute atomic E-state index is 11.7. The van der Waals surface area contributed by atoms with Crippen molar-refractivity contribution >= 4 is 17.3 Å². The largest absolute Gasteiger partial charge is 0.381 e. The fourth-order valence-corrected chi connectivity index (χ4v) is 2.01. The third-order valence-electron chi connectivity index (χ3n) is 2.93. The number of carbonyl (C=O) groups excluding carboxylic acids is 1. The van der Waals surface area contributed by atoms with Crippen molar-refractivity contribution in [2.24, 2.45) is 0 Å². The zero-order chi connectivity index (χ0) is 14.4. The number of hydrogen-bond donors (Lipinski definition) is 2. The SMILES string of the molecule is CC(=O)N(c1ccccc1)C(O)CNc1ccccc1. The van der Waals surface area contributed by atoms with Crippen LogP contribution in [0.15, 0.2) is 60.7 Å². The van der Waals surface area contributed by atoms with Gasteiger partial charge in [-0.2, -0.15) is 0 Å². The van der Waals surface area contributed by atoms with Crippen molar-refractivity contribution in [3.8, 4) is 0 Å². The summed E-state index contributed by atoms with van der Waals surface area (Å²) in [5, 5.41) is 13.3. The Bertz CT molecular complexity index is 543. The van der Waals surface area contributed by atoms with Crippen LogP contribution >= 0.6 is 0 Å². The summed E-state index contributed by atoms with van der Waals surface area (Å²) in [6, 6.07) is 18.7. The van der Waals surface area contributed by atoms with Gasteiger partial charge in [0.1, 0.15) is 0 Å². The van der Waals surface area contributed by atoms with Gasteiger partial charge < -0.3 is 10.4 Å². The molecule has 4 heteroatoms. The number of amides is 1. The highest BCUT2D eigenvalue weighted by Crippen LogP contribution is 2.16. The predicted molar refractivity (Wildman–Crippen MR) is 80.5 cm³/mol. The molecule has 2 aromatic rings. The van der Waals surface area contributed by atoms with Gasteiger partial charge in [-0.15, -0.1) is 0 Å². The zero-order valence-corrected chi connectivity index (χ0v) is 11.4. The lowest BCUT2D eigenvalue weighted by Crippen LogP contribution is -2.43. The molecule has 1 unspecified atom stereocenters. The van der Waals surface area contributed by atoms with Crippen molar-refractivity contribution in [1.29, 1.82) is 0 Å². The molecule has 1 amide bonds. The minimum atomic E-state index is -0.921. The van der Waals surface area contributed by atoms with E-state index in [1.807, 2.05) is 48.5 Å². The Labute approximate surface area is 118 Å². The van der Waals surface area contributed by atoms with Crippen LogP contribution < -0.4 is 10.2 Å². The lowest BCUT2D eigenvalue weighted by Gasteiger charge is -2.27. The van der Waals surface area contributed by atoms with E-state index >= 15 is 0 Å². The molecule has 2 N–H and O–H groups in total. The smallest absolute Gasteiger partial charge is 0.226 e. The van der Waals surface area contributed by atoms with Crippen LogP contribution in [0.2, 0.25) is 0 Å². The van der Waals surface area contributed by atoms with E-state index in [0.29, 0.717) is 5.69 Å². The molecule has 0 aliphatic heterocycles. The van der Waals surface area contributed by atoms with Crippen LogP contribution in [-0.2, 0) is 4.79 Å². The third-order valence-corrected chi connectivity index (χ3v) is 2.93. The van der Waals surface area contributed by atoms with E-state index in [0.717, 1.165) is 5.69 Å². The number of aliphatic hydroxyl groups is 1. The van der Waals surface area contributed by atoms with Crippen molar-refractivity contribution in [3.05, 3.63) is 60.7 Å². The summed E-state index contributed by atoms with van der Waals surface area (Å²) in [5.41, 5.74) is 1.59. The number of nitrogens with zero attached hydrogens (tertiary/aromatic N) is 1. The molecule has 0 fully saturated rings. The lowest BCUT2D eigenvalue weighted by atomic mass is 10.2. The van der Waals surface area contributed by atoms with Crippen molar-refractivity contribution in [2.45, 2.75) is 13.2 Å². The minimum Gasteiger partial charge on any atom is -0.381 e. The van der Waals surface area contributed by atoms with Crippen LogP contribution in [-0.4, -0.2) is 23.8 Å². The monoisotopic (exact) mass is 270 g/mol. The molecule has 2 rings (SSSR count). The van der Waals surface area contributed by atoms with E-state index in [4.69, 9.17) is 0 Å². The van der Waals surface area contributed by atoms with E-state index in [2.05, 4.69) is 5.32 Å². The number of para-hydroxylation sites is 2. The first-order chi connectivity index (χ1) is 9.68. The molecule has 0 aromatic heterocycles. The van der Waals surface area contributed by atoms with Crippen molar-refractivity contribution in [3.63, 3.8) is 0 Å². The predicted octanol–water partition coefficient (Wildman–Crippen LogP) is 2.47. The van der Waals surface area contributed by atoms with Crippen molar-refractivity contribution in [1.82, 2.24) is 0 Å². The van der Waals surface area contributed by atoms with E-state index in [1.165, 1.54) is 11.8 Å². The summed E-state index contributed by atoms with van der Waals surface area (Å²) in [7, 11) is 0. The first-order valence-electron chi connectivity index (χ1n) is 6.50. The van der Waals surface area contributed by atoms with Crippen LogP contribution in [0.1, 0.15) is 6.92 Å². The summed E-state index contributed by atoms with van der Waals surface area (Å²) in [6.45, 7) is 1.71. The van der Waals surface area contributed by atoms with Gasteiger partial charge in [0.25, 0.3) is 0 Å². The van der Waals surface area contributed by atoms with Crippen LogP contribution in [0, 0.1) is 0 Å². The molecule has 0 aliphatic carbocycles. The van der Waals surface area contributed by atoms with Crippen LogP contribution in [0.3, 0.4) is 0 Å². The van der Waals surface area contributed by atoms with E-state index < -0.39 is 6.23 Å². The minimum absolute atomic E-state index is 0.196. The van der Waals surface area contributed by atoms with E-state index in [9.17, 15) is 9.90 Å². The van der Waals surface area contributed by atoms with Crippen LogP contribution in [0.5, 0.6) is 0 Å². The third kappa shape index (κ3) is 3.59. The average Bonchev–Trinajstić information content (AvgIpc) is 2.47. The fraction of sp³-hybridized carbons (Fsp3) is 0.188. The summed E-state index contributed by atoms with van der Waals surface area (Å²) in [4.78, 5) is 13.1. The number of aliphatic hydroxyl groups excluding tert-OH is 1. The average molecular weight is 270 g/mol. The molecule has 0 heterocycles. The highest BCUT2D eigenvalue weighted by Gasteiger charge is 2.19. The molecule has 0 bridgehead atoms. The maximum atomic E-state index is 11.7. The summed E-state index contributed by atoms with van der Waals surface area (Å²) < 4.78 is 0. The van der Waals surface area contributed by atoms with E-state index in [-0.39, 0.29) is 12.5 Å². The van der Waals surface area contributed by atoms with Gasteiger partial charge in [-0.25, -0.2) is 0 Å². The highest BCUT2D eigenvalue weighted by molar-refractivity contribution is 5.91. The van der Waals surface area contributed by atoms with Gasteiger partial charge in [0, 0.05) is 18.3 Å². The number of carbonyl (C=O) groups is 1. The number of rotatable bonds is 5. The Kier molecular flexibility index (Phi) is 4.74. The molecule has 4 nitrogen and oxygen atoms in total. The number of hydrogen-bond acceptors (Lipinski definition) is 3. The Morgan fingerprint density at radius 1 is 1.10 bits per heavy atom. The molecule has 0 spiro atoms. The molecule has 2 aromatic carbocycles. The Balaban J connectivity index is 2.05. The van der Waals surface area contributed by atoms with Gasteiger partial charge in [-0.3, -0.25) is 9.69 Å². The van der Waals surface area contributed by atoms with Gasteiger partial charge in [0.05, 0.1) is 6.54 Å². The number of anilines is 2. The second-order valence-corrected chi connectivity index (χ2v) is 4.45. The van der Waals surface area contributed by atoms with Crippen molar-refractivity contribution < 1.29 is 9.90 Å². The molecule has 20 heavy (non-hydrogen) atoms. The fourth-order valence-electron chi connectivity index (χ4n) is 2.01. The zero-order valence-electron chi connectivity index (χ0n) is 11.4. The summed E-state index contributed by atoms with van der Waals surface area (Å²) in [6.07, 6.45) is -0.921. The van der Waals surface area contributed by atoms with Gasteiger partial charge in [0.2, 0.25) is 5.91 Å². The summed E-state index contributed by atoms with van der Waals surface area (Å²) >= 11 is 0. The topological polar surface area (TPSA) is 52.6 Å². The quantitative estimate of drug-likeness (QED) is 0.821. The van der Waals surface area contributed by atoms with Crippen LogP contribution in [0.4, 0.5) is 11.4 Å². The second kappa shape index (κ2) is 6.73. The molecule has 0 saturated carbocycles. The maximum Gasteiger partial charge on any atom is 0.226 e. The number of nitrogens with one attached hydrogen (secondary N) is 1.